The van der Waals surface area contributed by atoms with Gasteiger partial charge in [-0.15, -0.1) is 0 Å². The molecule has 2 rings (SSSR count). The van der Waals surface area contributed by atoms with E-state index in [-0.39, 0.29) is 6.04 Å². The van der Waals surface area contributed by atoms with E-state index >= 15 is 0 Å². The Morgan fingerprint density at radius 3 is 2.84 bits per heavy atom. The van der Waals surface area contributed by atoms with Gasteiger partial charge in [0.25, 0.3) is 0 Å². The molecular weight excluding hydrogens is 238 g/mol. The maximum Gasteiger partial charge on any atom is 0.124 e. The normalized spacial score (nSPS) is 12.5. The van der Waals surface area contributed by atoms with E-state index in [0.717, 1.165) is 18.5 Å². The average molecular weight is 259 g/mol. The Labute approximate surface area is 114 Å². The van der Waals surface area contributed by atoms with Gasteiger partial charge < -0.3 is 15.0 Å². The molecule has 0 saturated heterocycles. The molecule has 0 fully saturated rings. The Balaban J connectivity index is 1.77. The monoisotopic (exact) mass is 259 g/mol. The Morgan fingerprint density at radius 1 is 1.32 bits per heavy atom. The van der Waals surface area contributed by atoms with Gasteiger partial charge in [0.2, 0.25) is 0 Å². The second-order valence-corrected chi connectivity index (χ2v) is 4.71. The molecule has 102 valence electrons. The van der Waals surface area contributed by atoms with Crippen molar-refractivity contribution in [2.45, 2.75) is 39.1 Å². The molecule has 1 unspecified atom stereocenters. The average Bonchev–Trinajstić information content (AvgIpc) is 2.87. The Hall–Kier alpha value is -1.65. The van der Waals surface area contributed by atoms with Gasteiger partial charge in [-0.2, -0.15) is 0 Å². The maximum absolute atomic E-state index is 5.91. The van der Waals surface area contributed by atoms with Gasteiger partial charge in [0.05, 0.1) is 18.6 Å². The van der Waals surface area contributed by atoms with Crippen molar-refractivity contribution in [3.8, 4) is 0 Å². The summed E-state index contributed by atoms with van der Waals surface area (Å²) in [6.07, 6.45) is 5.59. The molecule has 0 aliphatic carbocycles. The van der Waals surface area contributed by atoms with E-state index in [1.54, 1.807) is 6.33 Å². The van der Waals surface area contributed by atoms with Crippen molar-refractivity contribution in [3.05, 3.63) is 54.1 Å². The van der Waals surface area contributed by atoms with Crippen molar-refractivity contribution in [2.24, 2.45) is 5.73 Å². The van der Waals surface area contributed by atoms with Crippen LogP contribution in [-0.2, 0) is 24.5 Å². The lowest BCUT2D eigenvalue weighted by Gasteiger charge is -2.06. The lowest BCUT2D eigenvalue weighted by Crippen LogP contribution is -2.21. The highest BCUT2D eigenvalue weighted by molar-refractivity contribution is 5.13. The molecule has 4 heteroatoms. The lowest BCUT2D eigenvalue weighted by atomic mass is 10.1. The molecule has 2 aromatic rings. The minimum Gasteiger partial charge on any atom is -0.356 e. The van der Waals surface area contributed by atoms with E-state index in [0.29, 0.717) is 13.3 Å². The fraction of sp³-hybridized carbons (Fsp3) is 0.400. The molecule has 0 radical (unpaired) electrons. The van der Waals surface area contributed by atoms with Crippen LogP contribution in [0.5, 0.6) is 0 Å². The number of hydrogen-bond acceptors (Lipinski definition) is 3. The molecule has 2 N–H and O–H groups in total. The van der Waals surface area contributed by atoms with Gasteiger partial charge in [-0.3, -0.25) is 0 Å². The van der Waals surface area contributed by atoms with E-state index in [2.05, 4.69) is 24.0 Å². The topological polar surface area (TPSA) is 53.1 Å². The summed E-state index contributed by atoms with van der Waals surface area (Å²) in [7, 11) is 0. The van der Waals surface area contributed by atoms with E-state index in [1.165, 1.54) is 5.56 Å². The molecule has 1 aromatic carbocycles. The van der Waals surface area contributed by atoms with E-state index in [9.17, 15) is 0 Å². The third-order valence-electron chi connectivity index (χ3n) is 3.03. The van der Waals surface area contributed by atoms with E-state index in [1.807, 2.05) is 29.0 Å². The van der Waals surface area contributed by atoms with Gasteiger partial charge in [-0.25, -0.2) is 4.98 Å². The number of ether oxygens (including phenoxy) is 1. The second kappa shape index (κ2) is 7.07. The molecule has 0 spiro atoms. The van der Waals surface area contributed by atoms with Gasteiger partial charge >= 0.3 is 0 Å². The van der Waals surface area contributed by atoms with Crippen LogP contribution < -0.4 is 5.73 Å². The van der Waals surface area contributed by atoms with Crippen LogP contribution in [0.1, 0.15) is 24.6 Å². The summed E-state index contributed by atoms with van der Waals surface area (Å²) in [5, 5.41) is 0. The SMILES string of the molecule is CCC(N)Cc1cn(COCc2ccccc2)cn1. The zero-order valence-corrected chi connectivity index (χ0v) is 11.3. The summed E-state index contributed by atoms with van der Waals surface area (Å²) in [5.74, 6) is 0. The first-order valence-corrected chi connectivity index (χ1v) is 6.66. The largest absolute Gasteiger partial charge is 0.356 e. The van der Waals surface area contributed by atoms with Crippen molar-refractivity contribution in [2.75, 3.05) is 0 Å². The Bertz CT molecular complexity index is 481. The highest BCUT2D eigenvalue weighted by Crippen LogP contribution is 2.04. The number of hydrogen-bond donors (Lipinski definition) is 1. The number of rotatable bonds is 7. The zero-order chi connectivity index (χ0) is 13.5. The molecule has 0 aliphatic heterocycles. The molecule has 1 heterocycles. The van der Waals surface area contributed by atoms with Crippen molar-refractivity contribution in [1.82, 2.24) is 9.55 Å². The van der Waals surface area contributed by atoms with Crippen LogP contribution in [-0.4, -0.2) is 15.6 Å². The molecular formula is C15H21N3O. The van der Waals surface area contributed by atoms with E-state index in [4.69, 9.17) is 10.5 Å². The molecule has 19 heavy (non-hydrogen) atoms. The zero-order valence-electron chi connectivity index (χ0n) is 11.3. The maximum atomic E-state index is 5.91. The first-order chi connectivity index (χ1) is 9.28. The fourth-order valence-electron chi connectivity index (χ4n) is 1.84. The molecule has 0 saturated carbocycles. The summed E-state index contributed by atoms with van der Waals surface area (Å²) in [4.78, 5) is 4.33. The van der Waals surface area contributed by atoms with Crippen molar-refractivity contribution >= 4 is 0 Å². The Kier molecular flexibility index (Phi) is 5.12. The smallest absolute Gasteiger partial charge is 0.124 e. The van der Waals surface area contributed by atoms with Gasteiger partial charge in [0.15, 0.2) is 0 Å². The van der Waals surface area contributed by atoms with Gasteiger partial charge in [-0.1, -0.05) is 37.3 Å². The highest BCUT2D eigenvalue weighted by atomic mass is 16.5. The molecule has 1 aromatic heterocycles. The minimum atomic E-state index is 0.189. The fourth-order valence-corrected chi connectivity index (χ4v) is 1.84. The molecule has 1 atom stereocenters. The van der Waals surface area contributed by atoms with Crippen molar-refractivity contribution < 1.29 is 4.74 Å². The van der Waals surface area contributed by atoms with Crippen LogP contribution >= 0.6 is 0 Å². The number of aromatic nitrogens is 2. The van der Waals surface area contributed by atoms with Crippen LogP contribution in [0.15, 0.2) is 42.9 Å². The number of nitrogens with zero attached hydrogens (tertiary/aromatic N) is 2. The number of imidazole rings is 1. The summed E-state index contributed by atoms with van der Waals surface area (Å²) >= 11 is 0. The minimum absolute atomic E-state index is 0.189. The Morgan fingerprint density at radius 2 is 2.11 bits per heavy atom. The first-order valence-electron chi connectivity index (χ1n) is 6.66. The van der Waals surface area contributed by atoms with Gasteiger partial charge in [0.1, 0.15) is 6.73 Å². The molecule has 0 amide bonds. The van der Waals surface area contributed by atoms with Crippen LogP contribution in [0.2, 0.25) is 0 Å². The summed E-state index contributed by atoms with van der Waals surface area (Å²) in [6, 6.07) is 10.3. The molecule has 0 bridgehead atoms. The summed E-state index contributed by atoms with van der Waals surface area (Å²) < 4.78 is 7.59. The molecule has 0 aliphatic rings. The molecule has 4 nitrogen and oxygen atoms in total. The number of nitrogens with two attached hydrogens (primary N) is 1. The number of benzene rings is 1. The first kappa shape index (κ1) is 13.8. The van der Waals surface area contributed by atoms with Crippen LogP contribution in [0.25, 0.3) is 0 Å². The quantitative estimate of drug-likeness (QED) is 0.830. The second-order valence-electron chi connectivity index (χ2n) is 4.71. The predicted molar refractivity (Wildman–Crippen MR) is 75.4 cm³/mol. The lowest BCUT2D eigenvalue weighted by molar-refractivity contribution is 0.0639. The van der Waals surface area contributed by atoms with Crippen molar-refractivity contribution in [1.29, 1.82) is 0 Å². The third-order valence-corrected chi connectivity index (χ3v) is 3.03. The van der Waals surface area contributed by atoms with Crippen LogP contribution in [0.4, 0.5) is 0 Å². The van der Waals surface area contributed by atoms with Gasteiger partial charge in [-0.05, 0) is 12.0 Å². The summed E-state index contributed by atoms with van der Waals surface area (Å²) in [6.45, 7) is 3.22. The van der Waals surface area contributed by atoms with Crippen LogP contribution in [0.3, 0.4) is 0 Å². The summed E-state index contributed by atoms with van der Waals surface area (Å²) in [5.41, 5.74) is 8.11. The van der Waals surface area contributed by atoms with E-state index < -0.39 is 0 Å². The predicted octanol–water partition coefficient (Wildman–Crippen LogP) is 2.34. The van der Waals surface area contributed by atoms with Crippen molar-refractivity contribution in [3.63, 3.8) is 0 Å². The standard InChI is InChI=1S/C15H21N3O/c1-2-14(16)8-15-9-18(11-17-15)12-19-10-13-6-4-3-5-7-13/h3-7,9,11,14H,2,8,10,12,16H2,1H3. The highest BCUT2D eigenvalue weighted by Gasteiger charge is 2.04. The van der Waals surface area contributed by atoms with Crippen LogP contribution in [0, 0.1) is 0 Å². The third kappa shape index (κ3) is 4.50. The van der Waals surface area contributed by atoms with Gasteiger partial charge in [0, 0.05) is 18.7 Å².